The van der Waals surface area contributed by atoms with Crippen LogP contribution in [-0.4, -0.2) is 12.9 Å². The second-order valence-corrected chi connectivity index (χ2v) is 8.67. The largest absolute Gasteiger partial charge is 0.501 e. The van der Waals surface area contributed by atoms with E-state index in [1.54, 1.807) is 7.11 Å². The average molecular weight is 312 g/mol. The molecule has 3 saturated carbocycles. The van der Waals surface area contributed by atoms with Gasteiger partial charge >= 0.3 is 0 Å². The number of ketones is 1. The van der Waals surface area contributed by atoms with Gasteiger partial charge in [0.25, 0.3) is 0 Å². The van der Waals surface area contributed by atoms with Gasteiger partial charge in [-0.2, -0.15) is 0 Å². The Labute approximate surface area is 139 Å². The van der Waals surface area contributed by atoms with E-state index >= 15 is 0 Å². The Morgan fingerprint density at radius 1 is 1.22 bits per heavy atom. The molecule has 0 bridgehead atoms. The van der Waals surface area contributed by atoms with Crippen molar-refractivity contribution >= 4 is 5.78 Å². The summed E-state index contributed by atoms with van der Waals surface area (Å²) >= 11 is 0. The molecule has 0 amide bonds. The van der Waals surface area contributed by atoms with Crippen LogP contribution in [0.2, 0.25) is 0 Å². The standard InChI is InChI=1S/C21H28O2/c1-3-21-9-8-15-14-7-5-13(23-2)10-12(14)4-6-16(15)19(21)17-11-18(17)20(21)22/h4,10,14-19H,3,5-9,11H2,1-2H3. The lowest BCUT2D eigenvalue weighted by Crippen LogP contribution is -2.48. The molecule has 0 N–H and O–H groups in total. The first kappa shape index (κ1) is 14.3. The minimum Gasteiger partial charge on any atom is -0.501 e. The maximum Gasteiger partial charge on any atom is 0.142 e. The number of allylic oxidation sites excluding steroid dienone is 4. The van der Waals surface area contributed by atoms with E-state index in [2.05, 4.69) is 19.1 Å². The van der Waals surface area contributed by atoms with Gasteiger partial charge < -0.3 is 4.74 Å². The van der Waals surface area contributed by atoms with Crippen LogP contribution in [0, 0.1) is 40.9 Å². The van der Waals surface area contributed by atoms with Crippen LogP contribution < -0.4 is 0 Å². The summed E-state index contributed by atoms with van der Waals surface area (Å²) in [6.45, 7) is 2.27. The highest BCUT2D eigenvalue weighted by molar-refractivity contribution is 5.93. The quantitative estimate of drug-likeness (QED) is 0.749. The third kappa shape index (κ3) is 1.73. The van der Waals surface area contributed by atoms with Crippen molar-refractivity contribution in [1.82, 2.24) is 0 Å². The number of fused-ring (bicyclic) bond motifs is 7. The predicted molar refractivity (Wildman–Crippen MR) is 89.5 cm³/mol. The Kier molecular flexibility index (Phi) is 2.95. The minimum absolute atomic E-state index is 0.0717. The molecule has 5 rings (SSSR count). The molecule has 0 aromatic carbocycles. The van der Waals surface area contributed by atoms with E-state index in [0.717, 1.165) is 42.3 Å². The molecule has 7 atom stereocenters. The van der Waals surface area contributed by atoms with E-state index in [4.69, 9.17) is 4.74 Å². The van der Waals surface area contributed by atoms with Gasteiger partial charge in [-0.1, -0.05) is 13.0 Å². The molecule has 0 saturated heterocycles. The number of carbonyl (C=O) groups is 1. The molecule has 0 heterocycles. The van der Waals surface area contributed by atoms with E-state index in [9.17, 15) is 4.79 Å². The Morgan fingerprint density at radius 2 is 2.09 bits per heavy atom. The topological polar surface area (TPSA) is 26.3 Å². The number of hydrogen-bond acceptors (Lipinski definition) is 2. The van der Waals surface area contributed by atoms with Crippen molar-refractivity contribution in [3.8, 4) is 0 Å². The van der Waals surface area contributed by atoms with Gasteiger partial charge in [0.1, 0.15) is 5.78 Å². The first-order valence-corrected chi connectivity index (χ1v) is 9.68. The number of carbonyl (C=O) groups excluding carboxylic acids is 1. The maximum atomic E-state index is 12.9. The maximum absolute atomic E-state index is 12.9. The summed E-state index contributed by atoms with van der Waals surface area (Å²) in [6.07, 6.45) is 13.1. The van der Waals surface area contributed by atoms with Gasteiger partial charge in [-0.15, -0.1) is 0 Å². The van der Waals surface area contributed by atoms with Crippen LogP contribution in [0.1, 0.15) is 51.9 Å². The zero-order valence-electron chi connectivity index (χ0n) is 14.4. The van der Waals surface area contributed by atoms with Gasteiger partial charge in [0.15, 0.2) is 0 Å². The van der Waals surface area contributed by atoms with Crippen molar-refractivity contribution < 1.29 is 9.53 Å². The Morgan fingerprint density at radius 3 is 2.87 bits per heavy atom. The molecule has 124 valence electrons. The summed E-state index contributed by atoms with van der Waals surface area (Å²) in [5.74, 6) is 6.05. The van der Waals surface area contributed by atoms with Gasteiger partial charge in [-0.25, -0.2) is 0 Å². The normalized spacial score (nSPS) is 50.1. The Hall–Kier alpha value is -1.05. The average Bonchev–Trinajstić information content (AvgIpc) is 3.34. The lowest BCUT2D eigenvalue weighted by molar-refractivity contribution is -0.136. The molecule has 3 fully saturated rings. The smallest absolute Gasteiger partial charge is 0.142 e. The zero-order chi connectivity index (χ0) is 15.8. The molecule has 7 unspecified atom stereocenters. The molecular formula is C21H28O2. The molecule has 2 nitrogen and oxygen atoms in total. The first-order chi connectivity index (χ1) is 11.2. The van der Waals surface area contributed by atoms with Crippen LogP contribution in [0.5, 0.6) is 0 Å². The summed E-state index contributed by atoms with van der Waals surface area (Å²) in [4.78, 5) is 12.9. The van der Waals surface area contributed by atoms with Crippen molar-refractivity contribution in [2.45, 2.75) is 51.9 Å². The molecule has 5 aliphatic rings. The lowest BCUT2D eigenvalue weighted by Gasteiger charge is -2.52. The molecule has 2 heteroatoms. The Balaban J connectivity index is 1.50. The van der Waals surface area contributed by atoms with Crippen molar-refractivity contribution in [3.05, 3.63) is 23.5 Å². The number of methoxy groups -OCH3 is 1. The monoisotopic (exact) mass is 312 g/mol. The van der Waals surface area contributed by atoms with Gasteiger partial charge in [0.05, 0.1) is 12.9 Å². The third-order valence-corrected chi connectivity index (χ3v) is 8.19. The Bertz CT molecular complexity index is 615. The van der Waals surface area contributed by atoms with Crippen LogP contribution in [0.4, 0.5) is 0 Å². The summed E-state index contributed by atoms with van der Waals surface area (Å²) in [5, 5.41) is 0. The van der Waals surface area contributed by atoms with E-state index < -0.39 is 0 Å². The second kappa shape index (κ2) is 4.74. The summed E-state index contributed by atoms with van der Waals surface area (Å²) in [7, 11) is 1.80. The van der Waals surface area contributed by atoms with Crippen LogP contribution in [0.15, 0.2) is 23.5 Å². The highest BCUT2D eigenvalue weighted by Crippen LogP contribution is 2.71. The number of rotatable bonds is 2. The fraction of sp³-hybridized carbons (Fsp3) is 0.762. The SMILES string of the molecule is CCC12CCC3C4CCC(OC)=CC4=CCC3C1C1CC1C2=O. The molecule has 0 aromatic heterocycles. The van der Waals surface area contributed by atoms with Crippen LogP contribution in [0.25, 0.3) is 0 Å². The predicted octanol–water partition coefficient (Wildman–Crippen LogP) is 4.51. The molecule has 23 heavy (non-hydrogen) atoms. The highest BCUT2D eigenvalue weighted by Gasteiger charge is 2.70. The fourth-order valence-corrected chi connectivity index (χ4v) is 7.12. The number of Topliss-reactive ketones (excluding diaryl/α,β-unsaturated/α-hetero) is 1. The molecule has 0 radical (unpaired) electrons. The highest BCUT2D eigenvalue weighted by atomic mass is 16.5. The van der Waals surface area contributed by atoms with Gasteiger partial charge in [-0.05, 0) is 79.8 Å². The molecule has 0 aromatic rings. The van der Waals surface area contributed by atoms with Crippen molar-refractivity contribution in [2.24, 2.45) is 40.9 Å². The van der Waals surface area contributed by atoms with E-state index in [-0.39, 0.29) is 5.41 Å². The van der Waals surface area contributed by atoms with E-state index in [0.29, 0.717) is 17.6 Å². The zero-order valence-corrected chi connectivity index (χ0v) is 14.4. The third-order valence-electron chi connectivity index (χ3n) is 8.19. The molecule has 5 aliphatic carbocycles. The summed E-state index contributed by atoms with van der Waals surface area (Å²) < 4.78 is 5.49. The summed E-state index contributed by atoms with van der Waals surface area (Å²) in [5.41, 5.74) is 1.61. The van der Waals surface area contributed by atoms with Gasteiger partial charge in [0.2, 0.25) is 0 Å². The lowest BCUT2D eigenvalue weighted by atomic mass is 9.51. The van der Waals surface area contributed by atoms with Gasteiger partial charge in [-0.3, -0.25) is 4.79 Å². The van der Waals surface area contributed by atoms with Crippen LogP contribution in [-0.2, 0) is 9.53 Å². The molecule has 0 aliphatic heterocycles. The van der Waals surface area contributed by atoms with Crippen LogP contribution >= 0.6 is 0 Å². The second-order valence-electron chi connectivity index (χ2n) is 8.67. The first-order valence-electron chi connectivity index (χ1n) is 9.68. The fourth-order valence-electron chi connectivity index (χ4n) is 7.12. The number of hydrogen-bond donors (Lipinski definition) is 0. The molecule has 0 spiro atoms. The van der Waals surface area contributed by atoms with Gasteiger partial charge in [0, 0.05) is 17.8 Å². The van der Waals surface area contributed by atoms with E-state index in [1.807, 2.05) is 0 Å². The number of ether oxygens (including phenoxy) is 1. The van der Waals surface area contributed by atoms with E-state index in [1.165, 1.54) is 37.7 Å². The minimum atomic E-state index is 0.0717. The van der Waals surface area contributed by atoms with Crippen molar-refractivity contribution in [2.75, 3.05) is 7.11 Å². The van der Waals surface area contributed by atoms with Crippen molar-refractivity contribution in [3.63, 3.8) is 0 Å². The molecular weight excluding hydrogens is 284 g/mol. The van der Waals surface area contributed by atoms with Crippen LogP contribution in [0.3, 0.4) is 0 Å². The summed E-state index contributed by atoms with van der Waals surface area (Å²) in [6, 6.07) is 0. The van der Waals surface area contributed by atoms with Crippen molar-refractivity contribution in [1.29, 1.82) is 0 Å².